The van der Waals surface area contributed by atoms with E-state index in [1.807, 2.05) is 35.3 Å². The van der Waals surface area contributed by atoms with Crippen LogP contribution in [0.25, 0.3) is 0 Å². The molecule has 34 heavy (non-hydrogen) atoms. The molecule has 4 atom stereocenters. The molecule has 3 aliphatic heterocycles. The molecule has 2 bridgehead atoms. The van der Waals surface area contributed by atoms with Crippen LogP contribution >= 0.6 is 0 Å². The molecule has 3 heterocycles. The van der Waals surface area contributed by atoms with E-state index in [0.29, 0.717) is 36.0 Å². The number of rotatable bonds is 8. The second kappa shape index (κ2) is 8.68. The smallest absolute Gasteiger partial charge is 0.231 e. The van der Waals surface area contributed by atoms with Gasteiger partial charge >= 0.3 is 0 Å². The number of anilines is 1. The Balaban J connectivity index is 1.34. The molecule has 5 rings (SSSR count). The molecule has 1 spiro atoms. The lowest BCUT2D eigenvalue weighted by Crippen LogP contribution is -2.41. The molecule has 0 aromatic heterocycles. The van der Waals surface area contributed by atoms with Gasteiger partial charge in [0.1, 0.15) is 5.60 Å². The number of amides is 2. The van der Waals surface area contributed by atoms with Crippen molar-refractivity contribution in [3.63, 3.8) is 0 Å². The molecule has 2 fully saturated rings. The molecule has 0 aliphatic carbocycles. The highest BCUT2D eigenvalue weighted by Gasteiger charge is 2.66. The SMILES string of the molecule is COc1cc(NC(=O)C2C3C(=O)N(CCc4ccccc4)C[C@]34C=C[C@H]2O4)cc(OC)c1OC. The highest BCUT2D eigenvalue weighted by Crippen LogP contribution is 2.52. The lowest BCUT2D eigenvalue weighted by atomic mass is 9.77. The predicted molar refractivity (Wildman–Crippen MR) is 125 cm³/mol. The van der Waals surface area contributed by atoms with Gasteiger partial charge in [-0.05, 0) is 12.0 Å². The van der Waals surface area contributed by atoms with Gasteiger partial charge < -0.3 is 29.2 Å². The number of hydrogen-bond acceptors (Lipinski definition) is 6. The monoisotopic (exact) mass is 464 g/mol. The fraction of sp³-hybridized carbons (Fsp3) is 0.385. The molecular weight excluding hydrogens is 436 g/mol. The van der Waals surface area contributed by atoms with Gasteiger partial charge in [0.25, 0.3) is 0 Å². The van der Waals surface area contributed by atoms with Crippen molar-refractivity contribution in [1.82, 2.24) is 4.90 Å². The summed E-state index contributed by atoms with van der Waals surface area (Å²) in [7, 11) is 4.55. The summed E-state index contributed by atoms with van der Waals surface area (Å²) in [5, 5.41) is 2.93. The summed E-state index contributed by atoms with van der Waals surface area (Å²) in [5.74, 6) is -0.156. The Morgan fingerprint density at radius 3 is 2.47 bits per heavy atom. The van der Waals surface area contributed by atoms with Gasteiger partial charge in [0.15, 0.2) is 11.5 Å². The van der Waals surface area contributed by atoms with Gasteiger partial charge in [0, 0.05) is 24.4 Å². The maximum Gasteiger partial charge on any atom is 0.231 e. The highest BCUT2D eigenvalue weighted by molar-refractivity contribution is 5.99. The zero-order chi connectivity index (χ0) is 23.9. The Labute approximate surface area is 198 Å². The summed E-state index contributed by atoms with van der Waals surface area (Å²) >= 11 is 0. The topological polar surface area (TPSA) is 86.3 Å². The van der Waals surface area contributed by atoms with Crippen LogP contribution in [0.2, 0.25) is 0 Å². The number of hydrogen-bond donors (Lipinski definition) is 1. The number of methoxy groups -OCH3 is 3. The standard InChI is InChI=1S/C26H28N2O6/c1-31-19-13-17(14-20(32-2)23(19)33-3)27-24(29)21-18-9-11-26(34-18)15-28(25(30)22(21)26)12-10-16-7-5-4-6-8-16/h4-9,11,13-14,18,21-22H,10,12,15H2,1-3H3,(H,27,29)/t18-,21?,22?,26-/m1/s1. The zero-order valence-corrected chi connectivity index (χ0v) is 19.4. The Morgan fingerprint density at radius 1 is 1.12 bits per heavy atom. The maximum atomic E-state index is 13.4. The van der Waals surface area contributed by atoms with Crippen LogP contribution in [-0.2, 0) is 20.7 Å². The van der Waals surface area contributed by atoms with Crippen molar-refractivity contribution < 1.29 is 28.5 Å². The van der Waals surface area contributed by atoms with Crippen molar-refractivity contribution >= 4 is 17.5 Å². The molecule has 0 saturated carbocycles. The van der Waals surface area contributed by atoms with E-state index in [-0.39, 0.29) is 11.8 Å². The van der Waals surface area contributed by atoms with E-state index in [1.165, 1.54) is 26.9 Å². The third-order valence-corrected chi connectivity index (χ3v) is 6.93. The number of carbonyl (C=O) groups excluding carboxylic acids is 2. The van der Waals surface area contributed by atoms with E-state index < -0.39 is 23.5 Å². The molecule has 2 aromatic rings. The van der Waals surface area contributed by atoms with Crippen molar-refractivity contribution in [2.45, 2.75) is 18.1 Å². The number of nitrogens with zero attached hydrogens (tertiary/aromatic N) is 1. The first-order valence-corrected chi connectivity index (χ1v) is 11.3. The number of likely N-dealkylation sites (tertiary alicyclic amines) is 1. The fourth-order valence-corrected chi connectivity index (χ4v) is 5.35. The van der Waals surface area contributed by atoms with E-state index in [0.717, 1.165) is 6.42 Å². The number of fused-ring (bicyclic) bond motifs is 1. The zero-order valence-electron chi connectivity index (χ0n) is 19.4. The van der Waals surface area contributed by atoms with Crippen LogP contribution in [0.3, 0.4) is 0 Å². The van der Waals surface area contributed by atoms with E-state index in [1.54, 1.807) is 12.1 Å². The van der Waals surface area contributed by atoms with E-state index in [9.17, 15) is 9.59 Å². The minimum Gasteiger partial charge on any atom is -0.493 e. The molecular formula is C26H28N2O6. The van der Waals surface area contributed by atoms with Gasteiger partial charge in [-0.15, -0.1) is 0 Å². The first-order chi connectivity index (χ1) is 16.5. The Hall–Kier alpha value is -3.52. The van der Waals surface area contributed by atoms with Crippen LogP contribution in [0.1, 0.15) is 5.56 Å². The maximum absolute atomic E-state index is 13.4. The third-order valence-electron chi connectivity index (χ3n) is 6.93. The molecule has 0 radical (unpaired) electrons. The van der Waals surface area contributed by atoms with Crippen LogP contribution in [0, 0.1) is 11.8 Å². The second-order valence-electron chi connectivity index (χ2n) is 8.80. The van der Waals surface area contributed by atoms with Gasteiger partial charge in [-0.1, -0.05) is 42.5 Å². The van der Waals surface area contributed by atoms with Crippen molar-refractivity contribution in [3.8, 4) is 17.2 Å². The minimum absolute atomic E-state index is 0.0344. The van der Waals surface area contributed by atoms with Crippen LogP contribution in [0.15, 0.2) is 54.6 Å². The van der Waals surface area contributed by atoms with Crippen LogP contribution < -0.4 is 19.5 Å². The van der Waals surface area contributed by atoms with E-state index in [4.69, 9.17) is 18.9 Å². The van der Waals surface area contributed by atoms with Gasteiger partial charge in [0.05, 0.1) is 45.8 Å². The van der Waals surface area contributed by atoms with E-state index >= 15 is 0 Å². The summed E-state index contributed by atoms with van der Waals surface area (Å²) in [6, 6.07) is 13.4. The summed E-state index contributed by atoms with van der Waals surface area (Å²) in [6.45, 7) is 1.05. The number of carbonyl (C=O) groups is 2. The average Bonchev–Trinajstić information content (AvgIpc) is 3.50. The minimum atomic E-state index is -0.740. The largest absolute Gasteiger partial charge is 0.493 e. The summed E-state index contributed by atoms with van der Waals surface area (Å²) in [4.78, 5) is 28.7. The normalized spacial score (nSPS) is 26.5. The molecule has 3 aliphatic rings. The van der Waals surface area contributed by atoms with Crippen molar-refractivity contribution in [1.29, 1.82) is 0 Å². The Bertz CT molecular complexity index is 1110. The highest BCUT2D eigenvalue weighted by atomic mass is 16.5. The van der Waals surface area contributed by atoms with Gasteiger partial charge in [0.2, 0.25) is 17.6 Å². The van der Waals surface area contributed by atoms with Crippen molar-refractivity contribution in [2.24, 2.45) is 11.8 Å². The molecule has 2 amide bonds. The molecule has 8 heteroatoms. The van der Waals surface area contributed by atoms with Gasteiger partial charge in [-0.25, -0.2) is 0 Å². The van der Waals surface area contributed by atoms with Crippen LogP contribution in [-0.4, -0.2) is 62.8 Å². The first-order valence-electron chi connectivity index (χ1n) is 11.3. The van der Waals surface area contributed by atoms with Gasteiger partial charge in [-0.3, -0.25) is 9.59 Å². The first kappa shape index (κ1) is 22.3. The summed E-state index contributed by atoms with van der Waals surface area (Å²) in [5.41, 5.74) is 0.921. The number of ether oxygens (including phenoxy) is 4. The molecule has 2 unspecified atom stereocenters. The average molecular weight is 465 g/mol. The van der Waals surface area contributed by atoms with Gasteiger partial charge in [-0.2, -0.15) is 0 Å². The second-order valence-corrected chi connectivity index (χ2v) is 8.80. The van der Waals surface area contributed by atoms with Crippen molar-refractivity contribution in [2.75, 3.05) is 39.7 Å². The Kier molecular flexibility index (Phi) is 5.69. The lowest BCUT2D eigenvalue weighted by molar-refractivity contribution is -0.135. The molecule has 2 saturated heterocycles. The summed E-state index contributed by atoms with van der Waals surface area (Å²) in [6.07, 6.45) is 4.20. The molecule has 2 aromatic carbocycles. The van der Waals surface area contributed by atoms with E-state index in [2.05, 4.69) is 17.4 Å². The molecule has 178 valence electrons. The number of benzene rings is 2. The molecule has 8 nitrogen and oxygen atoms in total. The summed E-state index contributed by atoms with van der Waals surface area (Å²) < 4.78 is 22.4. The lowest BCUT2D eigenvalue weighted by Gasteiger charge is -2.24. The quantitative estimate of drug-likeness (QED) is 0.605. The number of nitrogens with one attached hydrogen (secondary N) is 1. The predicted octanol–water partition coefficient (Wildman–Crippen LogP) is 2.68. The molecule has 1 N–H and O–H groups in total. The third kappa shape index (κ3) is 3.58. The fourth-order valence-electron chi connectivity index (χ4n) is 5.35. The Morgan fingerprint density at radius 2 is 1.82 bits per heavy atom. The van der Waals surface area contributed by atoms with Crippen molar-refractivity contribution in [3.05, 3.63) is 60.2 Å². The van der Waals surface area contributed by atoms with Crippen LogP contribution in [0.5, 0.6) is 17.2 Å². The van der Waals surface area contributed by atoms with Crippen LogP contribution in [0.4, 0.5) is 5.69 Å².